The summed E-state index contributed by atoms with van der Waals surface area (Å²) >= 11 is 0. The van der Waals surface area contributed by atoms with Crippen LogP contribution >= 0.6 is 0 Å². The maximum atomic E-state index is 13.9. The Morgan fingerprint density at radius 3 is 2.44 bits per heavy atom. The minimum absolute atomic E-state index is 0. The van der Waals surface area contributed by atoms with Gasteiger partial charge in [-0.1, -0.05) is 55.5 Å². The molecule has 0 bridgehead atoms. The predicted molar refractivity (Wildman–Crippen MR) is 153 cm³/mol. The van der Waals surface area contributed by atoms with Crippen molar-refractivity contribution < 1.29 is 35.9 Å². The van der Waals surface area contributed by atoms with Gasteiger partial charge in [-0.05, 0) is 47.9 Å². The highest BCUT2D eigenvalue weighted by Crippen LogP contribution is 2.52. The predicted octanol–water partition coefficient (Wildman–Crippen LogP) is 1.52. The Balaban J connectivity index is 0.00000337. The lowest BCUT2D eigenvalue weighted by atomic mass is 9.81. The number of imidazole rings is 1. The van der Waals surface area contributed by atoms with Crippen molar-refractivity contribution in [2.24, 2.45) is 0 Å². The van der Waals surface area contributed by atoms with Gasteiger partial charge in [0.2, 0.25) is 5.78 Å². The van der Waals surface area contributed by atoms with Crippen molar-refractivity contribution in [3.63, 3.8) is 0 Å². The normalized spacial score (nSPS) is 19.0. The van der Waals surface area contributed by atoms with Crippen molar-refractivity contribution in [2.75, 3.05) is 18.6 Å². The first kappa shape index (κ1) is 28.6. The molecule has 0 aliphatic carbocycles. The third-order valence-electron chi connectivity index (χ3n) is 8.67. The number of carbonyl (C=O) groups excluding carboxylic acids is 2. The Morgan fingerprint density at radius 1 is 1.00 bits per heavy atom. The van der Waals surface area contributed by atoms with Gasteiger partial charge in [0.05, 0.1) is 7.11 Å². The van der Waals surface area contributed by atoms with Crippen LogP contribution < -0.4 is 31.2 Å². The minimum Gasteiger partial charge on any atom is -1.00 e. The zero-order chi connectivity index (χ0) is 27.9. The summed E-state index contributed by atoms with van der Waals surface area (Å²) in [5, 5.41) is 0. The van der Waals surface area contributed by atoms with Crippen molar-refractivity contribution in [2.45, 2.75) is 51.5 Å². The van der Waals surface area contributed by atoms with E-state index in [9.17, 15) is 9.59 Å². The molecule has 0 saturated carbocycles. The van der Waals surface area contributed by atoms with E-state index in [4.69, 9.17) is 4.74 Å². The van der Waals surface area contributed by atoms with E-state index in [-0.39, 0.29) is 53.3 Å². The number of halogens is 1. The number of para-hydroxylation sites is 1. The minimum atomic E-state index is -0.128. The number of Topliss-reactive ketones (excluding diaryl/α,β-unsaturated/α-hetero) is 1. The van der Waals surface area contributed by atoms with E-state index in [1.54, 1.807) is 31.4 Å². The number of methoxy groups -OCH3 is 1. The molecule has 2 aliphatic rings. The molecule has 1 amide bonds. The maximum absolute atomic E-state index is 13.9. The molecule has 0 N–H and O–H groups in total. The summed E-state index contributed by atoms with van der Waals surface area (Å²) in [5.74, 6) is 1.69. The highest BCUT2D eigenvalue weighted by molar-refractivity contribution is 5.95. The van der Waals surface area contributed by atoms with Crippen molar-refractivity contribution in [3.05, 3.63) is 114 Å². The number of aromatic nitrogens is 2. The molecule has 4 aromatic rings. The molecule has 1 aromatic heterocycles. The van der Waals surface area contributed by atoms with Gasteiger partial charge in [-0.25, -0.2) is 9.13 Å². The summed E-state index contributed by atoms with van der Waals surface area (Å²) in [6, 6.07) is 26.2. The molecular formula is C33H35BrN4O3. The lowest BCUT2D eigenvalue weighted by Crippen LogP contribution is -3.00. The first-order valence-corrected chi connectivity index (χ1v) is 13.8. The van der Waals surface area contributed by atoms with E-state index in [0.29, 0.717) is 5.56 Å². The number of fused-ring (bicyclic) bond motifs is 3. The van der Waals surface area contributed by atoms with E-state index in [1.165, 1.54) is 16.8 Å². The van der Waals surface area contributed by atoms with Crippen molar-refractivity contribution in [1.29, 1.82) is 0 Å². The first-order chi connectivity index (χ1) is 19.4. The van der Waals surface area contributed by atoms with E-state index in [0.717, 1.165) is 31.1 Å². The number of ether oxygens (including phenoxy) is 1. The number of carbonyl (C=O) groups is 2. The Hall–Kier alpha value is -3.91. The largest absolute Gasteiger partial charge is 1.00 e. The molecule has 2 aliphatic heterocycles. The van der Waals surface area contributed by atoms with Crippen molar-refractivity contribution >= 4 is 17.4 Å². The van der Waals surface area contributed by atoms with Gasteiger partial charge in [-0.15, -0.1) is 0 Å². The van der Waals surface area contributed by atoms with Crippen molar-refractivity contribution in [1.82, 2.24) is 9.47 Å². The summed E-state index contributed by atoms with van der Waals surface area (Å²) in [5.41, 5.74) is 4.26. The number of anilines is 1. The van der Waals surface area contributed by atoms with Crippen LogP contribution in [0.1, 0.15) is 40.7 Å². The van der Waals surface area contributed by atoms with Crippen LogP contribution in [0.25, 0.3) is 0 Å². The number of nitrogens with zero attached hydrogens (tertiary/aromatic N) is 4. The van der Waals surface area contributed by atoms with Gasteiger partial charge in [-0.2, -0.15) is 0 Å². The van der Waals surface area contributed by atoms with Gasteiger partial charge < -0.3 is 31.5 Å². The smallest absolute Gasteiger partial charge is 0.266 e. The topological polar surface area (TPSA) is 58.7 Å². The second-order valence-electron chi connectivity index (χ2n) is 11.0. The monoisotopic (exact) mass is 614 g/mol. The third kappa shape index (κ3) is 5.17. The molecule has 1 saturated heterocycles. The second kappa shape index (κ2) is 11.5. The molecule has 0 radical (unpaired) electrons. The van der Waals surface area contributed by atoms with Crippen LogP contribution in [-0.4, -0.2) is 41.0 Å². The maximum Gasteiger partial charge on any atom is 0.266 e. The fourth-order valence-electron chi connectivity index (χ4n) is 6.42. The highest BCUT2D eigenvalue weighted by atomic mass is 79.9. The number of rotatable bonds is 8. The van der Waals surface area contributed by atoms with Crippen LogP contribution in [0.5, 0.6) is 5.75 Å². The van der Waals surface area contributed by atoms with E-state index in [2.05, 4.69) is 65.3 Å². The van der Waals surface area contributed by atoms with Gasteiger partial charge in [0, 0.05) is 36.7 Å². The molecule has 3 heterocycles. The van der Waals surface area contributed by atoms with E-state index >= 15 is 0 Å². The average molecular weight is 616 g/mol. The fourth-order valence-corrected chi connectivity index (χ4v) is 6.42. The molecule has 41 heavy (non-hydrogen) atoms. The number of ketones is 1. The van der Waals surface area contributed by atoms with Crippen LogP contribution in [0.2, 0.25) is 0 Å². The molecule has 6 rings (SSSR count). The van der Waals surface area contributed by atoms with E-state index < -0.39 is 0 Å². The van der Waals surface area contributed by atoms with Gasteiger partial charge >= 0.3 is 0 Å². The SMILES string of the molecule is COc1ccc(C(=O)C[n+]2ccn(CC(=O)N3CCC4(C)c5ccccc5N(Cc5ccccc5)C34)c2C)cc1.[Br-]. The highest BCUT2D eigenvalue weighted by Gasteiger charge is 2.55. The second-order valence-corrected chi connectivity index (χ2v) is 11.0. The summed E-state index contributed by atoms with van der Waals surface area (Å²) in [4.78, 5) is 31.3. The number of hydrogen-bond acceptors (Lipinski definition) is 4. The van der Waals surface area contributed by atoms with Crippen molar-refractivity contribution in [3.8, 4) is 5.75 Å². The van der Waals surface area contributed by atoms with Crippen LogP contribution in [-0.2, 0) is 29.8 Å². The number of likely N-dealkylation sites (tertiary alicyclic amines) is 1. The van der Waals surface area contributed by atoms with Crippen LogP contribution in [0.3, 0.4) is 0 Å². The Morgan fingerprint density at radius 2 is 1.71 bits per heavy atom. The number of hydrogen-bond donors (Lipinski definition) is 0. The van der Waals surface area contributed by atoms with Crippen LogP contribution in [0, 0.1) is 6.92 Å². The molecule has 0 spiro atoms. The summed E-state index contributed by atoms with van der Waals surface area (Å²) < 4.78 is 9.05. The van der Waals surface area contributed by atoms with Gasteiger partial charge in [0.1, 0.15) is 24.3 Å². The lowest BCUT2D eigenvalue weighted by molar-refractivity contribution is -0.688. The average Bonchev–Trinajstić information content (AvgIpc) is 3.59. The summed E-state index contributed by atoms with van der Waals surface area (Å²) in [7, 11) is 1.61. The third-order valence-corrected chi connectivity index (χ3v) is 8.67. The first-order valence-electron chi connectivity index (χ1n) is 13.8. The Bertz CT molecular complexity index is 1550. The van der Waals surface area contributed by atoms with Gasteiger partial charge in [0.15, 0.2) is 13.1 Å². The van der Waals surface area contributed by atoms with E-state index in [1.807, 2.05) is 34.5 Å². The fraction of sp³-hybridized carbons (Fsp3) is 0.303. The lowest BCUT2D eigenvalue weighted by Gasteiger charge is -2.36. The zero-order valence-corrected chi connectivity index (χ0v) is 25.3. The zero-order valence-electron chi connectivity index (χ0n) is 23.7. The molecule has 2 atom stereocenters. The molecular weight excluding hydrogens is 580 g/mol. The van der Waals surface area contributed by atoms with Crippen LogP contribution in [0.15, 0.2) is 91.3 Å². The molecule has 212 valence electrons. The standard InChI is InChI=1S/C33H35N4O3.BrH/c1-24-34(22-30(38)26-13-15-27(40-3)16-14-26)19-20-35(24)23-31(39)36-18-17-33(2)28-11-7-8-12-29(28)37(32(33)36)21-25-9-5-4-6-10-25;/h4-16,19-20,32H,17-18,21-23H2,1-3H3;1H/q+1;/p-1. The molecule has 1 fully saturated rings. The van der Waals surface area contributed by atoms with Gasteiger partial charge in [-0.3, -0.25) is 9.59 Å². The molecule has 8 heteroatoms. The molecule has 2 unspecified atom stereocenters. The number of benzene rings is 3. The summed E-state index contributed by atoms with van der Waals surface area (Å²) in [6.07, 6.45) is 4.66. The quantitative estimate of drug-likeness (QED) is 0.223. The van der Waals surface area contributed by atoms with Crippen LogP contribution in [0.4, 0.5) is 5.69 Å². The molecule has 3 aromatic carbocycles. The summed E-state index contributed by atoms with van der Waals surface area (Å²) in [6.45, 7) is 6.17. The van der Waals surface area contributed by atoms with Gasteiger partial charge in [0.25, 0.3) is 11.7 Å². The molecule has 7 nitrogen and oxygen atoms in total. The Kier molecular flexibility index (Phi) is 8.04. The number of amides is 1. The Labute approximate surface area is 251 Å².